The first kappa shape index (κ1) is 18.5. The van der Waals surface area contributed by atoms with Gasteiger partial charge in [0.15, 0.2) is 6.10 Å². The second kappa shape index (κ2) is 9.42. The third kappa shape index (κ3) is 5.06. The van der Waals surface area contributed by atoms with E-state index in [0.717, 1.165) is 31.4 Å². The van der Waals surface area contributed by atoms with Crippen molar-refractivity contribution in [2.45, 2.75) is 38.7 Å². The standard InChI is InChI=1S/C19H28N2O3/c1-3-8-17(22)20-13-15-9-7-12-21(14-15)19(23)18(24-2)16-10-5-4-6-11-16/h4-6,10-11,15,18H,3,7-9,12-14H2,1-2H3,(H,20,22). The Kier molecular flexibility index (Phi) is 7.25. The molecule has 2 unspecified atom stereocenters. The highest BCUT2D eigenvalue weighted by Gasteiger charge is 2.29. The predicted molar refractivity (Wildman–Crippen MR) is 93.4 cm³/mol. The third-order valence-corrected chi connectivity index (χ3v) is 4.46. The highest BCUT2D eigenvalue weighted by atomic mass is 16.5. The average Bonchev–Trinajstić information content (AvgIpc) is 2.62. The lowest BCUT2D eigenvalue weighted by molar-refractivity contribution is -0.144. The Bertz CT molecular complexity index is 533. The number of ether oxygens (including phenoxy) is 1. The lowest BCUT2D eigenvalue weighted by Crippen LogP contribution is -2.45. The zero-order valence-electron chi connectivity index (χ0n) is 14.7. The maximum Gasteiger partial charge on any atom is 0.256 e. The van der Waals surface area contributed by atoms with Gasteiger partial charge >= 0.3 is 0 Å². The molecule has 0 spiro atoms. The van der Waals surface area contributed by atoms with Crippen LogP contribution in [0.1, 0.15) is 44.3 Å². The fraction of sp³-hybridized carbons (Fsp3) is 0.579. The van der Waals surface area contributed by atoms with Gasteiger partial charge in [0.1, 0.15) is 0 Å². The van der Waals surface area contributed by atoms with Crippen molar-refractivity contribution in [1.82, 2.24) is 10.2 Å². The smallest absolute Gasteiger partial charge is 0.256 e. The lowest BCUT2D eigenvalue weighted by atomic mass is 9.96. The van der Waals surface area contributed by atoms with Gasteiger partial charge in [-0.05, 0) is 30.7 Å². The predicted octanol–water partition coefficient (Wildman–Crippen LogP) is 2.53. The summed E-state index contributed by atoms with van der Waals surface area (Å²) in [6, 6.07) is 9.58. The molecule has 5 heteroatoms. The lowest BCUT2D eigenvalue weighted by Gasteiger charge is -2.34. The highest BCUT2D eigenvalue weighted by Crippen LogP contribution is 2.23. The minimum Gasteiger partial charge on any atom is -0.367 e. The van der Waals surface area contributed by atoms with Gasteiger partial charge in [-0.2, -0.15) is 0 Å². The van der Waals surface area contributed by atoms with Crippen LogP contribution in [0.25, 0.3) is 0 Å². The molecule has 1 saturated heterocycles. The number of nitrogens with one attached hydrogen (secondary N) is 1. The zero-order valence-corrected chi connectivity index (χ0v) is 14.7. The van der Waals surface area contributed by atoms with Gasteiger partial charge in [0.25, 0.3) is 5.91 Å². The summed E-state index contributed by atoms with van der Waals surface area (Å²) in [6.07, 6.45) is 2.87. The molecule has 1 aliphatic heterocycles. The third-order valence-electron chi connectivity index (χ3n) is 4.46. The Labute approximate surface area is 144 Å². The van der Waals surface area contributed by atoms with E-state index in [4.69, 9.17) is 4.74 Å². The number of carbonyl (C=O) groups excluding carboxylic acids is 2. The molecule has 0 radical (unpaired) electrons. The normalized spacial score (nSPS) is 18.9. The van der Waals surface area contributed by atoms with Crippen molar-refractivity contribution >= 4 is 11.8 Å². The summed E-state index contributed by atoms with van der Waals surface area (Å²) in [5.74, 6) is 0.421. The number of rotatable bonds is 7. The summed E-state index contributed by atoms with van der Waals surface area (Å²) in [4.78, 5) is 26.3. The first-order valence-electron chi connectivity index (χ1n) is 8.79. The van der Waals surface area contributed by atoms with E-state index in [2.05, 4.69) is 5.32 Å². The second-order valence-electron chi connectivity index (χ2n) is 6.37. The average molecular weight is 332 g/mol. The maximum atomic E-state index is 12.8. The molecule has 0 aromatic heterocycles. The van der Waals surface area contributed by atoms with Crippen molar-refractivity contribution in [3.8, 4) is 0 Å². The quantitative estimate of drug-likeness (QED) is 0.835. The van der Waals surface area contributed by atoms with Crippen LogP contribution in [0.4, 0.5) is 0 Å². The second-order valence-corrected chi connectivity index (χ2v) is 6.37. The zero-order chi connectivity index (χ0) is 17.4. The van der Waals surface area contributed by atoms with Crippen LogP contribution in [0.15, 0.2) is 30.3 Å². The molecule has 0 bridgehead atoms. The van der Waals surface area contributed by atoms with Crippen LogP contribution in [0.5, 0.6) is 0 Å². The van der Waals surface area contributed by atoms with Crippen molar-refractivity contribution in [2.24, 2.45) is 5.92 Å². The highest BCUT2D eigenvalue weighted by molar-refractivity contribution is 5.82. The molecule has 1 heterocycles. The van der Waals surface area contributed by atoms with E-state index in [1.807, 2.05) is 42.2 Å². The molecule has 2 amide bonds. The molecule has 2 atom stereocenters. The molecule has 1 aliphatic rings. The van der Waals surface area contributed by atoms with Crippen LogP contribution in [-0.2, 0) is 14.3 Å². The van der Waals surface area contributed by atoms with Crippen LogP contribution in [0.2, 0.25) is 0 Å². The van der Waals surface area contributed by atoms with Gasteiger partial charge in [-0.1, -0.05) is 37.3 Å². The summed E-state index contributed by atoms with van der Waals surface area (Å²) in [5, 5.41) is 2.98. The number of piperidine rings is 1. The van der Waals surface area contributed by atoms with Crippen LogP contribution >= 0.6 is 0 Å². The minimum absolute atomic E-state index is 0.00767. The molecule has 0 aliphatic carbocycles. The van der Waals surface area contributed by atoms with E-state index in [9.17, 15) is 9.59 Å². The number of hydrogen-bond donors (Lipinski definition) is 1. The van der Waals surface area contributed by atoms with Crippen LogP contribution in [-0.4, -0.2) is 43.5 Å². The van der Waals surface area contributed by atoms with E-state index in [1.165, 1.54) is 0 Å². The van der Waals surface area contributed by atoms with E-state index >= 15 is 0 Å². The van der Waals surface area contributed by atoms with Gasteiger partial charge in [-0.25, -0.2) is 0 Å². The molecule has 0 saturated carbocycles. The summed E-state index contributed by atoms with van der Waals surface area (Å²) in [5.41, 5.74) is 0.878. The van der Waals surface area contributed by atoms with Gasteiger partial charge in [0, 0.05) is 33.2 Å². The number of benzene rings is 1. The van der Waals surface area contributed by atoms with E-state index < -0.39 is 6.10 Å². The minimum atomic E-state index is -0.556. The topological polar surface area (TPSA) is 58.6 Å². The number of amides is 2. The van der Waals surface area contributed by atoms with Crippen molar-refractivity contribution in [1.29, 1.82) is 0 Å². The molecule has 2 rings (SSSR count). The SMILES string of the molecule is CCCC(=O)NCC1CCCN(C(=O)C(OC)c2ccccc2)C1. The molecule has 24 heavy (non-hydrogen) atoms. The molecule has 5 nitrogen and oxygen atoms in total. The van der Waals surface area contributed by atoms with Crippen molar-refractivity contribution in [2.75, 3.05) is 26.7 Å². The van der Waals surface area contributed by atoms with Crippen molar-refractivity contribution < 1.29 is 14.3 Å². The van der Waals surface area contributed by atoms with E-state index in [0.29, 0.717) is 25.4 Å². The fourth-order valence-corrected chi connectivity index (χ4v) is 3.18. The maximum absolute atomic E-state index is 12.8. The van der Waals surface area contributed by atoms with Gasteiger partial charge < -0.3 is 15.0 Å². The molecule has 1 fully saturated rings. The number of methoxy groups -OCH3 is 1. The first-order chi connectivity index (χ1) is 11.7. The van der Waals surface area contributed by atoms with Crippen molar-refractivity contribution in [3.63, 3.8) is 0 Å². The number of likely N-dealkylation sites (tertiary alicyclic amines) is 1. The van der Waals surface area contributed by atoms with E-state index in [1.54, 1.807) is 7.11 Å². The van der Waals surface area contributed by atoms with E-state index in [-0.39, 0.29) is 11.8 Å². The van der Waals surface area contributed by atoms with Gasteiger partial charge in [-0.15, -0.1) is 0 Å². The van der Waals surface area contributed by atoms with Crippen molar-refractivity contribution in [3.05, 3.63) is 35.9 Å². The number of hydrogen-bond acceptors (Lipinski definition) is 3. The summed E-state index contributed by atoms with van der Waals surface area (Å²) in [6.45, 7) is 4.07. The Morgan fingerprint density at radius 2 is 2.08 bits per heavy atom. The Morgan fingerprint density at radius 3 is 2.75 bits per heavy atom. The summed E-state index contributed by atoms with van der Waals surface area (Å²) < 4.78 is 5.46. The Balaban J connectivity index is 1.93. The summed E-state index contributed by atoms with van der Waals surface area (Å²) >= 11 is 0. The number of carbonyl (C=O) groups is 2. The first-order valence-corrected chi connectivity index (χ1v) is 8.79. The monoisotopic (exact) mass is 332 g/mol. The van der Waals surface area contributed by atoms with Gasteiger partial charge in [0.2, 0.25) is 5.91 Å². The summed E-state index contributed by atoms with van der Waals surface area (Å²) in [7, 11) is 1.57. The number of nitrogens with zero attached hydrogens (tertiary/aromatic N) is 1. The largest absolute Gasteiger partial charge is 0.367 e. The molecule has 1 aromatic carbocycles. The fourth-order valence-electron chi connectivity index (χ4n) is 3.18. The Morgan fingerprint density at radius 1 is 1.33 bits per heavy atom. The van der Waals surface area contributed by atoms with Crippen LogP contribution < -0.4 is 5.32 Å². The molecule has 1 N–H and O–H groups in total. The van der Waals surface area contributed by atoms with Gasteiger partial charge in [0.05, 0.1) is 0 Å². The Hall–Kier alpha value is -1.88. The van der Waals surface area contributed by atoms with Gasteiger partial charge in [-0.3, -0.25) is 9.59 Å². The molecule has 132 valence electrons. The van der Waals surface area contributed by atoms with Crippen LogP contribution in [0, 0.1) is 5.92 Å². The van der Waals surface area contributed by atoms with Crippen LogP contribution in [0.3, 0.4) is 0 Å². The molecular formula is C19H28N2O3. The molecular weight excluding hydrogens is 304 g/mol. The molecule has 1 aromatic rings.